The summed E-state index contributed by atoms with van der Waals surface area (Å²) in [5, 5.41) is 0. The van der Waals surface area contributed by atoms with Crippen LogP contribution in [0, 0.1) is 0 Å². The Labute approximate surface area is 117 Å². The minimum absolute atomic E-state index is 0. The van der Waals surface area contributed by atoms with E-state index in [2.05, 4.69) is 15.4 Å². The van der Waals surface area contributed by atoms with Crippen LogP contribution >= 0.6 is 0 Å². The first-order valence-corrected chi connectivity index (χ1v) is 4.88. The fraction of sp³-hybridized carbons (Fsp3) is 0.778. The molecule has 0 radical (unpaired) electrons. The molecule has 0 aromatic carbocycles. The molecule has 6 nitrogen and oxygen atoms in total. The molecule has 0 rings (SSSR count). The maximum absolute atomic E-state index is 10.8. The van der Waals surface area contributed by atoms with Gasteiger partial charge in [-0.15, -0.1) is 0 Å². The van der Waals surface area contributed by atoms with Crippen LogP contribution in [0.15, 0.2) is 0 Å². The summed E-state index contributed by atoms with van der Waals surface area (Å²) in [5.74, 6) is -0.754. The predicted octanol–water partition coefficient (Wildman–Crippen LogP) is 0.0690. The van der Waals surface area contributed by atoms with Gasteiger partial charge in [-0.1, -0.05) is 18.8 Å². The third kappa shape index (κ3) is 10.4. The van der Waals surface area contributed by atoms with Gasteiger partial charge in [-0.05, 0) is 6.92 Å². The van der Waals surface area contributed by atoms with Crippen molar-refractivity contribution in [3.05, 3.63) is 0 Å². The van der Waals surface area contributed by atoms with Crippen molar-refractivity contribution < 1.29 is 24.2 Å². The summed E-state index contributed by atoms with van der Waals surface area (Å²) in [4.78, 5) is 30.1. The first-order valence-electron chi connectivity index (χ1n) is 4.88. The first kappa shape index (κ1) is 18.2. The topological polar surface area (TPSA) is 73.9 Å². The van der Waals surface area contributed by atoms with Gasteiger partial charge in [0.25, 0.3) is 0 Å². The molecule has 90 valence electrons. The van der Waals surface area contributed by atoms with Crippen molar-refractivity contribution in [2.45, 2.75) is 39.7 Å². The molecular weight excluding hydrogens is 225 g/mol. The van der Waals surface area contributed by atoms with E-state index in [1.807, 2.05) is 0 Å². The van der Waals surface area contributed by atoms with Crippen LogP contribution in [-0.4, -0.2) is 54.1 Å². The fourth-order valence-corrected chi connectivity index (χ4v) is 0.636. The summed E-state index contributed by atoms with van der Waals surface area (Å²) in [6.45, 7) is 5.31. The predicted molar refractivity (Wildman–Crippen MR) is 58.5 cm³/mol. The second-order valence-corrected chi connectivity index (χ2v) is 2.89. The van der Waals surface area contributed by atoms with Gasteiger partial charge in [-0.25, -0.2) is 4.79 Å². The summed E-state index contributed by atoms with van der Waals surface area (Å²) < 4.78 is 4.91. The van der Waals surface area contributed by atoms with Gasteiger partial charge in [0.15, 0.2) is 0 Å². The molecule has 0 bridgehead atoms. The molecule has 1 atom stereocenters. The molecule has 0 saturated heterocycles. The molecule has 0 amide bonds. The average Bonchev–Trinajstić information content (AvgIpc) is 2.23. The quantitative estimate of drug-likeness (QED) is 0.224. The van der Waals surface area contributed by atoms with E-state index in [4.69, 9.17) is 4.74 Å². The average molecular weight is 243 g/mol. The van der Waals surface area contributed by atoms with Crippen molar-refractivity contribution in [2.75, 3.05) is 6.54 Å². The standard InChI is InChI=1S/C9H17NO5.Na.H/c1-4-8(11)13-7(3)6-10-15-14-9(12)5-2;;/h7,10H,4-6H2,1-3H3;;. The van der Waals surface area contributed by atoms with Crippen LogP contribution in [0.2, 0.25) is 0 Å². The zero-order chi connectivity index (χ0) is 11.7. The second-order valence-electron chi connectivity index (χ2n) is 2.89. The van der Waals surface area contributed by atoms with Crippen molar-refractivity contribution in [2.24, 2.45) is 0 Å². The monoisotopic (exact) mass is 243 g/mol. The van der Waals surface area contributed by atoms with Gasteiger partial charge in [0.1, 0.15) is 6.10 Å². The number of hydroxylamine groups is 1. The number of nitrogens with one attached hydrogen (secondary N) is 1. The molecule has 0 aromatic rings. The normalized spacial score (nSPS) is 11.2. The van der Waals surface area contributed by atoms with Crippen LogP contribution in [0.5, 0.6) is 0 Å². The van der Waals surface area contributed by atoms with Crippen LogP contribution in [0.25, 0.3) is 0 Å². The molecular formula is C9H18NNaO5. The number of ether oxygens (including phenoxy) is 1. The Kier molecular flexibility index (Phi) is 12.9. The molecule has 16 heavy (non-hydrogen) atoms. The molecule has 0 aliphatic rings. The minimum atomic E-state index is -0.472. The van der Waals surface area contributed by atoms with Crippen molar-refractivity contribution in [1.82, 2.24) is 5.48 Å². The SMILES string of the molecule is CCC(=O)OONCC(C)OC(=O)CC.[NaH]. The van der Waals surface area contributed by atoms with Gasteiger partial charge in [0.2, 0.25) is 0 Å². The van der Waals surface area contributed by atoms with Crippen molar-refractivity contribution in [3.8, 4) is 0 Å². The zero-order valence-electron chi connectivity index (χ0n) is 9.24. The van der Waals surface area contributed by atoms with Gasteiger partial charge >= 0.3 is 41.5 Å². The van der Waals surface area contributed by atoms with Gasteiger partial charge in [-0.2, -0.15) is 5.48 Å². The Morgan fingerprint density at radius 2 is 1.75 bits per heavy atom. The molecule has 0 spiro atoms. The Hall–Kier alpha value is -0.140. The Morgan fingerprint density at radius 3 is 2.25 bits per heavy atom. The van der Waals surface area contributed by atoms with Crippen LogP contribution in [0.4, 0.5) is 0 Å². The number of carbonyl (C=O) groups excluding carboxylic acids is 2. The summed E-state index contributed by atoms with van der Waals surface area (Å²) in [6, 6.07) is 0. The van der Waals surface area contributed by atoms with E-state index in [-0.39, 0.29) is 54.6 Å². The molecule has 1 N–H and O–H groups in total. The summed E-state index contributed by atoms with van der Waals surface area (Å²) in [7, 11) is 0. The third-order valence-corrected chi connectivity index (χ3v) is 1.47. The van der Waals surface area contributed by atoms with Gasteiger partial charge in [0.05, 0.1) is 6.54 Å². The Bertz CT molecular complexity index is 212. The van der Waals surface area contributed by atoms with Gasteiger partial charge < -0.3 is 4.74 Å². The number of carbonyl (C=O) groups is 2. The summed E-state index contributed by atoms with van der Waals surface area (Å²) in [6.07, 6.45) is 0.232. The first-order chi connectivity index (χ1) is 7.10. The molecule has 0 heterocycles. The molecule has 1 unspecified atom stereocenters. The Morgan fingerprint density at radius 1 is 1.19 bits per heavy atom. The molecule has 0 saturated carbocycles. The molecule has 0 fully saturated rings. The van der Waals surface area contributed by atoms with Crippen LogP contribution in [0.1, 0.15) is 33.6 Å². The fourth-order valence-electron chi connectivity index (χ4n) is 0.636. The maximum atomic E-state index is 10.8. The Balaban J connectivity index is 0. The van der Waals surface area contributed by atoms with Crippen molar-refractivity contribution in [3.63, 3.8) is 0 Å². The summed E-state index contributed by atoms with van der Waals surface area (Å²) >= 11 is 0. The number of rotatable bonds is 7. The molecule has 0 aromatic heterocycles. The summed E-state index contributed by atoms with van der Waals surface area (Å²) in [5.41, 5.74) is 2.36. The molecule has 0 aliphatic carbocycles. The number of esters is 1. The van der Waals surface area contributed by atoms with Crippen LogP contribution in [-0.2, 0) is 24.2 Å². The van der Waals surface area contributed by atoms with E-state index < -0.39 is 5.97 Å². The van der Waals surface area contributed by atoms with Crippen molar-refractivity contribution >= 4 is 41.5 Å². The van der Waals surface area contributed by atoms with E-state index >= 15 is 0 Å². The zero-order valence-corrected chi connectivity index (χ0v) is 9.24. The number of hydrogen-bond donors (Lipinski definition) is 1. The van der Waals surface area contributed by atoms with E-state index in [1.54, 1.807) is 20.8 Å². The van der Waals surface area contributed by atoms with E-state index in [1.165, 1.54) is 0 Å². The van der Waals surface area contributed by atoms with Gasteiger partial charge in [-0.3, -0.25) is 9.68 Å². The van der Waals surface area contributed by atoms with Crippen LogP contribution in [0.3, 0.4) is 0 Å². The second kappa shape index (κ2) is 11.3. The van der Waals surface area contributed by atoms with E-state index in [9.17, 15) is 9.59 Å². The van der Waals surface area contributed by atoms with E-state index in [0.717, 1.165) is 0 Å². The van der Waals surface area contributed by atoms with Gasteiger partial charge in [0, 0.05) is 12.8 Å². The van der Waals surface area contributed by atoms with Crippen LogP contribution < -0.4 is 5.48 Å². The molecule has 0 aliphatic heterocycles. The van der Waals surface area contributed by atoms with E-state index in [0.29, 0.717) is 6.42 Å². The number of hydrogen-bond acceptors (Lipinski definition) is 6. The van der Waals surface area contributed by atoms with Crippen molar-refractivity contribution in [1.29, 1.82) is 0 Å². The molecule has 7 heteroatoms. The third-order valence-electron chi connectivity index (χ3n) is 1.47.